The fourth-order valence-corrected chi connectivity index (χ4v) is 5.67. The van der Waals surface area contributed by atoms with Crippen LogP contribution in [0, 0.1) is 17.3 Å². The number of likely N-dealkylation sites (tertiary alicyclic amines) is 1. The Bertz CT molecular complexity index is 1090. The molecule has 3 aliphatic rings. The number of carbonyl (C=O) groups excluding carboxylic acids is 2. The lowest BCUT2D eigenvalue weighted by Gasteiger charge is -2.46. The van der Waals surface area contributed by atoms with Crippen LogP contribution in [0.1, 0.15) is 49.7 Å². The van der Waals surface area contributed by atoms with Crippen LogP contribution in [0.15, 0.2) is 48.5 Å². The Morgan fingerprint density at radius 2 is 1.66 bits per heavy atom. The zero-order valence-corrected chi connectivity index (χ0v) is 20.0. The summed E-state index contributed by atoms with van der Waals surface area (Å²) in [5.41, 5.74) is 4.50. The lowest BCUT2D eigenvalue weighted by Crippen LogP contribution is -2.55. The van der Waals surface area contributed by atoms with E-state index in [9.17, 15) is 14.4 Å². The van der Waals surface area contributed by atoms with E-state index < -0.39 is 18.0 Å². The number of ether oxygens (including phenoxy) is 1. The minimum atomic E-state index is -0.815. The third kappa shape index (κ3) is 4.51. The number of benzene rings is 2. The van der Waals surface area contributed by atoms with Crippen LogP contribution in [0.5, 0.6) is 0 Å². The van der Waals surface area contributed by atoms with E-state index in [-0.39, 0.29) is 29.8 Å². The van der Waals surface area contributed by atoms with Crippen LogP contribution in [0.25, 0.3) is 11.1 Å². The first kappa shape index (κ1) is 23.4. The number of carbonyl (C=O) groups is 3. The topological polar surface area (TPSA) is 95.9 Å². The molecule has 2 aliphatic carbocycles. The van der Waals surface area contributed by atoms with Crippen molar-refractivity contribution in [1.29, 1.82) is 0 Å². The SMILES string of the molecule is CC(C(=O)O)C1CN(C(=O)CC2(CNC(=O)OCC3c4ccccc4-c4ccccc43)CCC2)C1. The van der Waals surface area contributed by atoms with Crippen molar-refractivity contribution in [3.63, 3.8) is 0 Å². The quantitative estimate of drug-likeness (QED) is 0.593. The molecule has 7 nitrogen and oxygen atoms in total. The van der Waals surface area contributed by atoms with Crippen molar-refractivity contribution >= 4 is 18.0 Å². The van der Waals surface area contributed by atoms with Crippen LogP contribution < -0.4 is 5.32 Å². The Kier molecular flexibility index (Phi) is 6.26. The summed E-state index contributed by atoms with van der Waals surface area (Å²) in [5.74, 6) is -1.17. The summed E-state index contributed by atoms with van der Waals surface area (Å²) in [6.07, 6.45) is 2.75. The molecule has 1 saturated heterocycles. The Hall–Kier alpha value is -3.35. The number of rotatable bonds is 8. The van der Waals surface area contributed by atoms with Crippen LogP contribution in [0.4, 0.5) is 4.79 Å². The minimum Gasteiger partial charge on any atom is -0.481 e. The highest BCUT2D eigenvalue weighted by Gasteiger charge is 2.43. The molecule has 7 heteroatoms. The molecule has 1 heterocycles. The van der Waals surface area contributed by atoms with Crippen LogP contribution in [0.2, 0.25) is 0 Å². The summed E-state index contributed by atoms with van der Waals surface area (Å²) in [4.78, 5) is 38.3. The first-order valence-corrected chi connectivity index (χ1v) is 12.5. The van der Waals surface area contributed by atoms with Crippen molar-refractivity contribution in [2.24, 2.45) is 17.3 Å². The first-order chi connectivity index (χ1) is 16.9. The maximum Gasteiger partial charge on any atom is 0.407 e. The van der Waals surface area contributed by atoms with E-state index in [2.05, 4.69) is 29.6 Å². The van der Waals surface area contributed by atoms with Crippen LogP contribution >= 0.6 is 0 Å². The summed E-state index contributed by atoms with van der Waals surface area (Å²) in [7, 11) is 0. The van der Waals surface area contributed by atoms with Crippen LogP contribution in [-0.2, 0) is 14.3 Å². The predicted molar refractivity (Wildman–Crippen MR) is 131 cm³/mol. The average Bonchev–Trinajstić information content (AvgIpc) is 3.12. The second-order valence-corrected chi connectivity index (χ2v) is 10.4. The highest BCUT2D eigenvalue weighted by Crippen LogP contribution is 2.45. The number of alkyl carbamates (subject to hydrolysis) is 1. The van der Waals surface area contributed by atoms with Gasteiger partial charge in [-0.25, -0.2) is 4.79 Å². The minimum absolute atomic E-state index is 0.0138. The predicted octanol–water partition coefficient (Wildman–Crippen LogP) is 4.26. The highest BCUT2D eigenvalue weighted by atomic mass is 16.5. The summed E-state index contributed by atoms with van der Waals surface area (Å²) >= 11 is 0. The van der Waals surface area contributed by atoms with Gasteiger partial charge in [0.15, 0.2) is 0 Å². The monoisotopic (exact) mass is 476 g/mol. The van der Waals surface area contributed by atoms with Crippen LogP contribution in [0.3, 0.4) is 0 Å². The average molecular weight is 477 g/mol. The molecule has 0 aromatic heterocycles. The van der Waals surface area contributed by atoms with Gasteiger partial charge in [0.25, 0.3) is 0 Å². The number of carboxylic acids is 1. The molecular weight excluding hydrogens is 444 g/mol. The molecule has 1 unspecified atom stereocenters. The van der Waals surface area contributed by atoms with Gasteiger partial charge in [-0.2, -0.15) is 0 Å². The highest BCUT2D eigenvalue weighted by molar-refractivity contribution is 5.80. The van der Waals surface area contributed by atoms with Gasteiger partial charge >= 0.3 is 12.1 Å². The molecule has 35 heavy (non-hydrogen) atoms. The molecule has 0 radical (unpaired) electrons. The van der Waals surface area contributed by atoms with Gasteiger partial charge in [0.2, 0.25) is 5.91 Å². The number of nitrogens with zero attached hydrogens (tertiary/aromatic N) is 1. The molecule has 2 aromatic rings. The molecule has 2 aromatic carbocycles. The maximum absolute atomic E-state index is 12.8. The van der Waals surface area contributed by atoms with E-state index in [4.69, 9.17) is 9.84 Å². The largest absolute Gasteiger partial charge is 0.481 e. The van der Waals surface area contributed by atoms with Gasteiger partial charge in [-0.1, -0.05) is 61.9 Å². The van der Waals surface area contributed by atoms with E-state index in [1.807, 2.05) is 24.3 Å². The molecule has 0 spiro atoms. The van der Waals surface area contributed by atoms with Crippen molar-refractivity contribution in [2.75, 3.05) is 26.2 Å². The van der Waals surface area contributed by atoms with E-state index in [1.165, 1.54) is 22.3 Å². The van der Waals surface area contributed by atoms with Gasteiger partial charge in [-0.3, -0.25) is 9.59 Å². The molecule has 5 rings (SSSR count). The Morgan fingerprint density at radius 3 is 2.20 bits per heavy atom. The molecule has 2 N–H and O–H groups in total. The zero-order chi connectivity index (χ0) is 24.6. The number of carboxylic acid groups (broad SMARTS) is 1. The Balaban J connectivity index is 1.12. The summed E-state index contributed by atoms with van der Waals surface area (Å²) in [6, 6.07) is 16.5. The fourth-order valence-electron chi connectivity index (χ4n) is 5.67. The van der Waals surface area contributed by atoms with Gasteiger partial charge in [0.05, 0.1) is 5.92 Å². The van der Waals surface area contributed by atoms with Gasteiger partial charge in [-0.15, -0.1) is 0 Å². The molecule has 1 atom stereocenters. The van der Waals surface area contributed by atoms with Crippen molar-refractivity contribution in [1.82, 2.24) is 10.2 Å². The third-order valence-corrected chi connectivity index (χ3v) is 8.25. The van der Waals surface area contributed by atoms with Gasteiger partial charge in [-0.05, 0) is 40.5 Å². The number of fused-ring (bicyclic) bond motifs is 3. The normalized spacial score (nSPS) is 19.1. The number of aliphatic carboxylic acids is 1. The lowest BCUT2D eigenvalue weighted by atomic mass is 9.66. The summed E-state index contributed by atoms with van der Waals surface area (Å²) < 4.78 is 5.65. The first-order valence-electron chi connectivity index (χ1n) is 12.5. The number of hydrogen-bond acceptors (Lipinski definition) is 4. The Morgan fingerprint density at radius 1 is 1.06 bits per heavy atom. The van der Waals surface area contributed by atoms with Gasteiger partial charge < -0.3 is 20.1 Å². The summed E-state index contributed by atoms with van der Waals surface area (Å²) in [5, 5.41) is 12.1. The van der Waals surface area contributed by atoms with E-state index >= 15 is 0 Å². The van der Waals surface area contributed by atoms with Crippen molar-refractivity contribution in [3.8, 4) is 11.1 Å². The van der Waals surface area contributed by atoms with Gasteiger partial charge in [0.1, 0.15) is 6.61 Å². The van der Waals surface area contributed by atoms with E-state index in [1.54, 1.807) is 11.8 Å². The van der Waals surface area contributed by atoms with E-state index in [0.717, 1.165) is 19.3 Å². The van der Waals surface area contributed by atoms with Crippen LogP contribution in [-0.4, -0.2) is 54.2 Å². The van der Waals surface area contributed by atoms with Gasteiger partial charge in [0, 0.05) is 37.9 Å². The molecule has 1 saturated carbocycles. The molecular formula is C28H32N2O5. The Labute approximate surface area is 205 Å². The molecule has 2 fully saturated rings. The molecule has 184 valence electrons. The van der Waals surface area contributed by atoms with Crippen molar-refractivity contribution in [2.45, 2.75) is 38.5 Å². The summed E-state index contributed by atoms with van der Waals surface area (Å²) in [6.45, 7) is 3.38. The fraction of sp³-hybridized carbons (Fsp3) is 0.464. The number of nitrogens with one attached hydrogen (secondary N) is 1. The molecule has 2 amide bonds. The van der Waals surface area contributed by atoms with Crippen molar-refractivity contribution < 1.29 is 24.2 Å². The zero-order valence-electron chi connectivity index (χ0n) is 20.0. The third-order valence-electron chi connectivity index (χ3n) is 8.25. The second kappa shape index (κ2) is 9.36. The van der Waals surface area contributed by atoms with Crippen molar-refractivity contribution in [3.05, 3.63) is 59.7 Å². The maximum atomic E-state index is 12.8. The lowest BCUT2D eigenvalue weighted by molar-refractivity contribution is -0.152. The second-order valence-electron chi connectivity index (χ2n) is 10.4. The smallest absolute Gasteiger partial charge is 0.407 e. The van der Waals surface area contributed by atoms with E-state index in [0.29, 0.717) is 26.1 Å². The standard InChI is InChI=1S/C28H32N2O5/c1-18(26(32)33)19-14-30(15-19)25(31)13-28(11-6-12-28)17-29-27(34)35-16-24-22-9-4-2-7-20(22)21-8-3-5-10-23(21)24/h2-5,7-10,18-19,24H,6,11-17H2,1H3,(H,29,34)(H,32,33). The number of hydrogen-bond donors (Lipinski definition) is 2. The number of amides is 2. The molecule has 0 bridgehead atoms. The molecule has 1 aliphatic heterocycles.